The first kappa shape index (κ1) is 34.2. The van der Waals surface area contributed by atoms with Crippen molar-refractivity contribution in [3.05, 3.63) is 68.8 Å². The molecule has 0 aliphatic heterocycles. The SMILES string of the molecule is CCCCCCCCCCCCC1(OP(O)O)c2c(cc(C)cc2C(C)(C)C)C(C)c2cc(C)cc(C(C)(C)C)c21. The van der Waals surface area contributed by atoms with Gasteiger partial charge in [-0.25, -0.2) is 0 Å². The number of fused-ring (bicyclic) bond motifs is 2. The summed E-state index contributed by atoms with van der Waals surface area (Å²) in [6.45, 7) is 22.6. The van der Waals surface area contributed by atoms with Crippen LogP contribution in [0.3, 0.4) is 0 Å². The molecular formula is C37H59O3P. The fourth-order valence-electron chi connectivity index (χ4n) is 7.08. The Bertz CT molecular complexity index is 1080. The summed E-state index contributed by atoms with van der Waals surface area (Å²) in [6, 6.07) is 9.28. The van der Waals surface area contributed by atoms with Crippen molar-refractivity contribution in [1.82, 2.24) is 0 Å². The van der Waals surface area contributed by atoms with Crippen LogP contribution in [-0.4, -0.2) is 9.79 Å². The van der Waals surface area contributed by atoms with Crippen molar-refractivity contribution in [3.63, 3.8) is 0 Å². The highest BCUT2D eigenvalue weighted by molar-refractivity contribution is 7.39. The predicted molar refractivity (Wildman–Crippen MR) is 177 cm³/mol. The molecule has 4 heteroatoms. The largest absolute Gasteiger partial charge is 0.328 e. The van der Waals surface area contributed by atoms with Crippen LogP contribution in [0.5, 0.6) is 0 Å². The Balaban J connectivity index is 2.13. The molecule has 0 bridgehead atoms. The van der Waals surface area contributed by atoms with Gasteiger partial charge in [0, 0.05) is 5.92 Å². The van der Waals surface area contributed by atoms with Gasteiger partial charge < -0.3 is 9.79 Å². The second kappa shape index (κ2) is 14.0. The van der Waals surface area contributed by atoms with Crippen LogP contribution in [0.2, 0.25) is 0 Å². The highest BCUT2D eigenvalue weighted by atomic mass is 31.2. The van der Waals surface area contributed by atoms with E-state index in [4.69, 9.17) is 4.52 Å². The lowest BCUT2D eigenvalue weighted by atomic mass is 9.61. The number of benzene rings is 2. The molecule has 0 saturated carbocycles. The smallest absolute Gasteiger partial charge is 0.328 e. The molecule has 230 valence electrons. The highest BCUT2D eigenvalue weighted by Gasteiger charge is 2.50. The van der Waals surface area contributed by atoms with E-state index in [0.717, 1.165) is 19.3 Å². The first-order valence-corrected chi connectivity index (χ1v) is 17.5. The number of hydrogen-bond acceptors (Lipinski definition) is 3. The molecule has 3 rings (SSSR count). The summed E-state index contributed by atoms with van der Waals surface area (Å²) in [5.41, 5.74) is 8.76. The topological polar surface area (TPSA) is 49.7 Å². The minimum Gasteiger partial charge on any atom is -0.328 e. The van der Waals surface area contributed by atoms with Crippen LogP contribution in [-0.2, 0) is 21.0 Å². The van der Waals surface area contributed by atoms with Crippen LogP contribution in [0.25, 0.3) is 0 Å². The van der Waals surface area contributed by atoms with E-state index in [0.29, 0.717) is 0 Å². The van der Waals surface area contributed by atoms with Gasteiger partial charge in [0.15, 0.2) is 0 Å². The van der Waals surface area contributed by atoms with Crippen molar-refractivity contribution >= 4 is 8.60 Å². The van der Waals surface area contributed by atoms with Gasteiger partial charge in [0.05, 0.1) is 0 Å². The third-order valence-electron chi connectivity index (χ3n) is 9.10. The van der Waals surface area contributed by atoms with Crippen LogP contribution in [0.1, 0.15) is 176 Å². The molecule has 0 atom stereocenters. The standard InChI is InChI=1S/C37H59O3P/c1-11-12-13-14-15-16-17-18-19-20-21-37(40-41(38)39)33-29(22-26(2)24-31(33)35(5,6)7)28(4)30-23-27(3)25-32(34(30)37)36(8,9)10/h22-25,28,38-39H,11-21H2,1-10H3. The molecule has 0 heterocycles. The number of rotatable bonds is 13. The summed E-state index contributed by atoms with van der Waals surface area (Å²) in [6.07, 6.45) is 13.4. The summed E-state index contributed by atoms with van der Waals surface area (Å²) < 4.78 is 6.59. The Morgan fingerprint density at radius 1 is 0.683 bits per heavy atom. The van der Waals surface area contributed by atoms with E-state index in [9.17, 15) is 9.79 Å². The van der Waals surface area contributed by atoms with Crippen molar-refractivity contribution in [2.24, 2.45) is 0 Å². The quantitative estimate of drug-likeness (QED) is 0.182. The fraction of sp³-hybridized carbons (Fsp3) is 0.676. The molecule has 0 saturated heterocycles. The normalized spacial score (nSPS) is 19.0. The van der Waals surface area contributed by atoms with Crippen LogP contribution < -0.4 is 0 Å². The van der Waals surface area contributed by atoms with E-state index in [-0.39, 0.29) is 16.7 Å². The van der Waals surface area contributed by atoms with Gasteiger partial charge in [0.25, 0.3) is 0 Å². The summed E-state index contributed by atoms with van der Waals surface area (Å²) >= 11 is 0. The van der Waals surface area contributed by atoms with Gasteiger partial charge in [-0.2, -0.15) is 0 Å². The lowest BCUT2D eigenvalue weighted by Crippen LogP contribution is -2.41. The van der Waals surface area contributed by atoms with Crippen LogP contribution >= 0.6 is 8.60 Å². The summed E-state index contributed by atoms with van der Waals surface area (Å²) in [5.74, 6) is 0.190. The Labute approximate surface area is 253 Å². The van der Waals surface area contributed by atoms with Crippen molar-refractivity contribution in [2.45, 2.75) is 162 Å². The molecule has 0 amide bonds. The maximum absolute atomic E-state index is 10.6. The molecular weight excluding hydrogens is 523 g/mol. The zero-order valence-electron chi connectivity index (χ0n) is 27.9. The summed E-state index contributed by atoms with van der Waals surface area (Å²) in [4.78, 5) is 21.3. The average Bonchev–Trinajstić information content (AvgIpc) is 2.85. The fourth-order valence-corrected chi connectivity index (χ4v) is 7.63. The van der Waals surface area contributed by atoms with Crippen LogP contribution in [0.15, 0.2) is 24.3 Å². The van der Waals surface area contributed by atoms with Gasteiger partial charge >= 0.3 is 8.60 Å². The third kappa shape index (κ3) is 8.03. The number of unbranched alkanes of at least 4 members (excludes halogenated alkanes) is 9. The van der Waals surface area contributed by atoms with Gasteiger partial charge in [0.1, 0.15) is 5.60 Å². The molecule has 0 spiro atoms. The molecule has 2 aromatic carbocycles. The molecule has 0 radical (unpaired) electrons. The Kier molecular flexibility index (Phi) is 11.7. The second-order valence-corrected chi connectivity index (χ2v) is 15.6. The zero-order valence-corrected chi connectivity index (χ0v) is 28.8. The van der Waals surface area contributed by atoms with E-state index < -0.39 is 14.2 Å². The second-order valence-electron chi connectivity index (χ2n) is 14.9. The van der Waals surface area contributed by atoms with Crippen LogP contribution in [0.4, 0.5) is 0 Å². The Morgan fingerprint density at radius 3 is 1.44 bits per heavy atom. The lowest BCUT2D eigenvalue weighted by molar-refractivity contribution is 0.0708. The van der Waals surface area contributed by atoms with Crippen molar-refractivity contribution in [1.29, 1.82) is 0 Å². The molecule has 2 aromatic rings. The zero-order chi connectivity index (χ0) is 30.6. The first-order valence-electron chi connectivity index (χ1n) is 16.3. The molecule has 1 aliphatic carbocycles. The minimum atomic E-state index is -2.58. The molecule has 41 heavy (non-hydrogen) atoms. The lowest BCUT2D eigenvalue weighted by Gasteiger charge is -2.48. The molecule has 2 N–H and O–H groups in total. The van der Waals surface area contributed by atoms with E-state index in [1.165, 1.54) is 95.9 Å². The summed E-state index contributed by atoms with van der Waals surface area (Å²) in [7, 11) is -2.58. The number of hydrogen-bond donors (Lipinski definition) is 2. The first-order chi connectivity index (χ1) is 19.1. The third-order valence-corrected chi connectivity index (χ3v) is 9.58. The monoisotopic (exact) mass is 582 g/mol. The van der Waals surface area contributed by atoms with Crippen LogP contribution in [0, 0.1) is 13.8 Å². The number of aryl methyl sites for hydroxylation is 2. The minimum absolute atomic E-state index is 0.125. The van der Waals surface area contributed by atoms with Crippen molar-refractivity contribution in [2.75, 3.05) is 0 Å². The van der Waals surface area contributed by atoms with E-state index >= 15 is 0 Å². The van der Waals surface area contributed by atoms with Gasteiger partial charge in [-0.1, -0.05) is 149 Å². The molecule has 0 fully saturated rings. The molecule has 1 aliphatic rings. The van der Waals surface area contributed by atoms with E-state index in [1.54, 1.807) is 0 Å². The Hall–Kier alpha value is -1.25. The van der Waals surface area contributed by atoms with Gasteiger partial charge in [0.2, 0.25) is 0 Å². The van der Waals surface area contributed by atoms with Gasteiger partial charge in [-0.05, 0) is 70.9 Å². The average molecular weight is 583 g/mol. The molecule has 0 unspecified atom stereocenters. The maximum atomic E-state index is 10.6. The van der Waals surface area contributed by atoms with Gasteiger partial charge in [-0.15, -0.1) is 0 Å². The molecule has 3 nitrogen and oxygen atoms in total. The van der Waals surface area contributed by atoms with Gasteiger partial charge in [-0.3, -0.25) is 4.52 Å². The summed E-state index contributed by atoms with van der Waals surface area (Å²) in [5, 5.41) is 0. The highest BCUT2D eigenvalue weighted by Crippen LogP contribution is 2.59. The predicted octanol–water partition coefficient (Wildman–Crippen LogP) is 11.1. The molecule has 0 aromatic heterocycles. The van der Waals surface area contributed by atoms with Crippen molar-refractivity contribution < 1.29 is 14.3 Å². The van der Waals surface area contributed by atoms with Crippen molar-refractivity contribution in [3.8, 4) is 0 Å². The Morgan fingerprint density at radius 2 is 1.07 bits per heavy atom. The van der Waals surface area contributed by atoms with E-state index in [2.05, 4.69) is 93.5 Å². The van der Waals surface area contributed by atoms with E-state index in [1.807, 2.05) is 0 Å². The maximum Gasteiger partial charge on any atom is 0.328 e.